The highest BCUT2D eigenvalue weighted by Crippen LogP contribution is 2.09. The Hall–Kier alpha value is -3.47. The van der Waals surface area contributed by atoms with E-state index in [0.717, 1.165) is 12.0 Å². The van der Waals surface area contributed by atoms with Gasteiger partial charge in [0.05, 0.1) is 12.5 Å². The average molecular weight is 491 g/mol. The third-order valence-electron chi connectivity index (χ3n) is 5.63. The number of carboxylic acid groups (broad SMARTS) is 2. The summed E-state index contributed by atoms with van der Waals surface area (Å²) in [7, 11) is 0. The van der Waals surface area contributed by atoms with Crippen LogP contribution in [0, 0.1) is 5.92 Å². The second-order valence-corrected chi connectivity index (χ2v) is 9.09. The zero-order valence-electron chi connectivity index (χ0n) is 20.0. The fourth-order valence-corrected chi connectivity index (χ4v) is 3.86. The van der Waals surface area contributed by atoms with Crippen LogP contribution in [0.3, 0.4) is 0 Å². The molecule has 6 N–H and O–H groups in total. The molecule has 11 nitrogen and oxygen atoms in total. The van der Waals surface area contributed by atoms with Crippen LogP contribution in [0.4, 0.5) is 0 Å². The molecule has 1 saturated heterocycles. The second kappa shape index (κ2) is 13.4. The summed E-state index contributed by atoms with van der Waals surface area (Å²) in [5.74, 6) is -4.67. The molecule has 0 saturated carbocycles. The molecule has 2 rings (SSSR count). The van der Waals surface area contributed by atoms with Gasteiger partial charge in [0.15, 0.2) is 0 Å². The van der Waals surface area contributed by atoms with Gasteiger partial charge in [-0.1, -0.05) is 44.2 Å². The van der Waals surface area contributed by atoms with Gasteiger partial charge in [-0.25, -0.2) is 4.79 Å². The molecular formula is C24H34N4O7. The highest BCUT2D eigenvalue weighted by Gasteiger charge is 2.32. The SMILES string of the molecule is CC(C)CC(NC(=O)C(CC(=O)O)NC(=O)C(Cc1ccccc1)NC(=O)C1CCCN1)C(=O)O. The molecule has 1 heterocycles. The minimum Gasteiger partial charge on any atom is -0.481 e. The first-order valence-corrected chi connectivity index (χ1v) is 11.7. The number of amides is 3. The number of carbonyl (C=O) groups is 5. The number of nitrogens with one attached hydrogen (secondary N) is 4. The van der Waals surface area contributed by atoms with Gasteiger partial charge in [0.2, 0.25) is 17.7 Å². The van der Waals surface area contributed by atoms with Gasteiger partial charge >= 0.3 is 11.9 Å². The number of carboxylic acids is 2. The lowest BCUT2D eigenvalue weighted by atomic mass is 10.0. The number of hydrogen-bond donors (Lipinski definition) is 6. The number of benzene rings is 1. The molecule has 0 spiro atoms. The van der Waals surface area contributed by atoms with Crippen molar-refractivity contribution in [3.05, 3.63) is 35.9 Å². The van der Waals surface area contributed by atoms with E-state index in [2.05, 4.69) is 21.3 Å². The van der Waals surface area contributed by atoms with Crippen molar-refractivity contribution >= 4 is 29.7 Å². The van der Waals surface area contributed by atoms with Crippen molar-refractivity contribution < 1.29 is 34.2 Å². The molecule has 192 valence electrons. The normalized spacial score (nSPS) is 17.7. The van der Waals surface area contributed by atoms with Crippen LogP contribution in [0.5, 0.6) is 0 Å². The van der Waals surface area contributed by atoms with Gasteiger partial charge in [0.25, 0.3) is 0 Å². The van der Waals surface area contributed by atoms with E-state index < -0.39 is 54.3 Å². The second-order valence-electron chi connectivity index (χ2n) is 9.09. The smallest absolute Gasteiger partial charge is 0.326 e. The van der Waals surface area contributed by atoms with E-state index in [-0.39, 0.29) is 24.7 Å². The Morgan fingerprint density at radius 3 is 2.11 bits per heavy atom. The van der Waals surface area contributed by atoms with Gasteiger partial charge in [0, 0.05) is 6.42 Å². The van der Waals surface area contributed by atoms with E-state index in [0.29, 0.717) is 13.0 Å². The van der Waals surface area contributed by atoms with Gasteiger partial charge in [-0.3, -0.25) is 19.2 Å². The average Bonchev–Trinajstić information content (AvgIpc) is 3.33. The van der Waals surface area contributed by atoms with Crippen LogP contribution in [0.2, 0.25) is 0 Å². The maximum absolute atomic E-state index is 13.2. The standard InChI is InChI=1S/C24H34N4O7/c1-14(2)11-19(24(34)35)28-23(33)18(13-20(29)30)27-22(32)17(12-15-7-4-3-5-8-15)26-21(31)16-9-6-10-25-16/h3-5,7-8,14,16-19,25H,6,9-13H2,1-2H3,(H,26,31)(H,27,32)(H,28,33)(H,29,30)(H,34,35). The fraction of sp³-hybridized carbons (Fsp3) is 0.542. The first-order chi connectivity index (χ1) is 16.6. The molecular weight excluding hydrogens is 456 g/mol. The molecule has 4 unspecified atom stereocenters. The Morgan fingerprint density at radius 2 is 1.57 bits per heavy atom. The van der Waals surface area contributed by atoms with E-state index in [9.17, 15) is 34.2 Å². The zero-order chi connectivity index (χ0) is 26.0. The molecule has 1 aliphatic rings. The third kappa shape index (κ3) is 9.36. The van der Waals surface area contributed by atoms with E-state index in [1.54, 1.807) is 38.1 Å². The lowest BCUT2D eigenvalue weighted by molar-refractivity contribution is -0.144. The van der Waals surface area contributed by atoms with Gasteiger partial charge in [0.1, 0.15) is 18.1 Å². The zero-order valence-corrected chi connectivity index (χ0v) is 20.0. The van der Waals surface area contributed by atoms with Crippen LogP contribution in [-0.2, 0) is 30.4 Å². The number of carbonyl (C=O) groups excluding carboxylic acids is 3. The van der Waals surface area contributed by atoms with Crippen molar-refractivity contribution in [1.82, 2.24) is 21.3 Å². The van der Waals surface area contributed by atoms with Crippen molar-refractivity contribution in [3.63, 3.8) is 0 Å². The highest BCUT2D eigenvalue weighted by atomic mass is 16.4. The lowest BCUT2D eigenvalue weighted by Gasteiger charge is -2.25. The van der Waals surface area contributed by atoms with Gasteiger partial charge in [-0.05, 0) is 37.3 Å². The van der Waals surface area contributed by atoms with Gasteiger partial charge in [-0.2, -0.15) is 0 Å². The summed E-state index contributed by atoms with van der Waals surface area (Å²) < 4.78 is 0. The van der Waals surface area contributed by atoms with E-state index in [1.807, 2.05) is 6.07 Å². The van der Waals surface area contributed by atoms with Crippen molar-refractivity contribution in [2.45, 2.75) is 70.1 Å². The Balaban J connectivity index is 2.18. The molecule has 4 atom stereocenters. The molecule has 3 amide bonds. The van der Waals surface area contributed by atoms with Crippen LogP contribution in [-0.4, -0.2) is 70.6 Å². The predicted molar refractivity (Wildman–Crippen MR) is 126 cm³/mol. The first-order valence-electron chi connectivity index (χ1n) is 11.7. The monoisotopic (exact) mass is 490 g/mol. The van der Waals surface area contributed by atoms with Crippen LogP contribution < -0.4 is 21.3 Å². The van der Waals surface area contributed by atoms with E-state index >= 15 is 0 Å². The van der Waals surface area contributed by atoms with Crippen LogP contribution in [0.1, 0.15) is 45.1 Å². The molecule has 0 aliphatic carbocycles. The number of aliphatic carboxylic acids is 2. The molecule has 1 aliphatic heterocycles. The third-order valence-corrected chi connectivity index (χ3v) is 5.63. The topological polar surface area (TPSA) is 174 Å². The number of hydrogen-bond acceptors (Lipinski definition) is 6. The van der Waals surface area contributed by atoms with Gasteiger partial charge < -0.3 is 31.5 Å². The Morgan fingerprint density at radius 1 is 0.943 bits per heavy atom. The van der Waals surface area contributed by atoms with Crippen molar-refractivity contribution in [2.75, 3.05) is 6.54 Å². The Labute approximate surface area is 204 Å². The summed E-state index contributed by atoms with van der Waals surface area (Å²) >= 11 is 0. The summed E-state index contributed by atoms with van der Waals surface area (Å²) in [6, 6.07) is 4.68. The van der Waals surface area contributed by atoms with Crippen molar-refractivity contribution in [1.29, 1.82) is 0 Å². The summed E-state index contributed by atoms with van der Waals surface area (Å²) in [5.41, 5.74) is 0.759. The lowest BCUT2D eigenvalue weighted by Crippen LogP contribution is -2.58. The summed E-state index contributed by atoms with van der Waals surface area (Å²) in [6.45, 7) is 4.26. The molecule has 1 fully saturated rings. The molecule has 35 heavy (non-hydrogen) atoms. The quantitative estimate of drug-likeness (QED) is 0.225. The van der Waals surface area contributed by atoms with Crippen molar-refractivity contribution in [3.8, 4) is 0 Å². The Kier molecular flexibility index (Phi) is 10.7. The largest absolute Gasteiger partial charge is 0.481 e. The molecule has 0 radical (unpaired) electrons. The van der Waals surface area contributed by atoms with E-state index in [1.165, 1.54) is 0 Å². The Bertz CT molecular complexity index is 900. The molecule has 11 heteroatoms. The van der Waals surface area contributed by atoms with E-state index in [4.69, 9.17) is 0 Å². The predicted octanol–water partition coefficient (Wildman–Crippen LogP) is 0.0409. The molecule has 1 aromatic rings. The maximum Gasteiger partial charge on any atom is 0.326 e. The molecule has 0 bridgehead atoms. The van der Waals surface area contributed by atoms with Crippen LogP contribution in [0.15, 0.2) is 30.3 Å². The molecule has 0 aromatic heterocycles. The van der Waals surface area contributed by atoms with Crippen molar-refractivity contribution in [2.24, 2.45) is 5.92 Å². The fourth-order valence-electron chi connectivity index (χ4n) is 3.86. The van der Waals surface area contributed by atoms with Crippen LogP contribution >= 0.6 is 0 Å². The first kappa shape index (κ1) is 27.8. The maximum atomic E-state index is 13.2. The molecule has 1 aromatic carbocycles. The highest BCUT2D eigenvalue weighted by molar-refractivity contribution is 5.95. The summed E-state index contributed by atoms with van der Waals surface area (Å²) in [4.78, 5) is 61.5. The minimum atomic E-state index is -1.52. The van der Waals surface area contributed by atoms with Gasteiger partial charge in [-0.15, -0.1) is 0 Å². The van der Waals surface area contributed by atoms with Crippen LogP contribution in [0.25, 0.3) is 0 Å². The minimum absolute atomic E-state index is 0.0430. The summed E-state index contributed by atoms with van der Waals surface area (Å²) in [6.07, 6.45) is 0.965. The number of rotatable bonds is 13. The summed E-state index contributed by atoms with van der Waals surface area (Å²) in [5, 5.41) is 29.2.